The van der Waals surface area contributed by atoms with E-state index in [9.17, 15) is 18.8 Å². The molecule has 0 aliphatic rings. The van der Waals surface area contributed by atoms with Crippen LogP contribution in [0, 0.1) is 5.82 Å². The summed E-state index contributed by atoms with van der Waals surface area (Å²) in [7, 11) is 1.25. The Morgan fingerprint density at radius 3 is 2.50 bits per heavy atom. The fourth-order valence-corrected chi connectivity index (χ4v) is 2.42. The normalized spacial score (nSPS) is 10.1. The SMILES string of the molecule is COC(=O)c1ccccc1NC(=O)CCN(C(C)=O)c1cccc(F)c1. The summed E-state index contributed by atoms with van der Waals surface area (Å²) in [5.74, 6) is -1.72. The van der Waals surface area contributed by atoms with E-state index < -0.39 is 11.8 Å². The molecule has 0 spiro atoms. The highest BCUT2D eigenvalue weighted by atomic mass is 19.1. The molecular formula is C19H19FN2O4. The van der Waals surface area contributed by atoms with Crippen LogP contribution in [0.2, 0.25) is 0 Å². The second-order valence-corrected chi connectivity index (χ2v) is 5.49. The van der Waals surface area contributed by atoms with Crippen LogP contribution in [-0.2, 0) is 14.3 Å². The standard InChI is InChI=1S/C19H19FN2O4/c1-13(23)22(15-7-5-6-14(20)12-15)11-10-18(24)21-17-9-4-3-8-16(17)19(25)26-2/h3-9,12H,10-11H2,1-2H3,(H,21,24). The van der Waals surface area contributed by atoms with Gasteiger partial charge in [-0.2, -0.15) is 0 Å². The van der Waals surface area contributed by atoms with Gasteiger partial charge in [0.25, 0.3) is 0 Å². The smallest absolute Gasteiger partial charge is 0.339 e. The number of anilines is 2. The molecule has 0 radical (unpaired) electrons. The van der Waals surface area contributed by atoms with Crippen molar-refractivity contribution in [3.8, 4) is 0 Å². The Hall–Kier alpha value is -3.22. The Labute approximate surface area is 150 Å². The van der Waals surface area contributed by atoms with E-state index in [4.69, 9.17) is 0 Å². The molecule has 0 heterocycles. The number of amides is 2. The summed E-state index contributed by atoms with van der Waals surface area (Å²) in [6, 6.07) is 12.0. The Balaban J connectivity index is 2.06. The average Bonchev–Trinajstić information content (AvgIpc) is 2.61. The van der Waals surface area contributed by atoms with Crippen molar-refractivity contribution < 1.29 is 23.5 Å². The van der Waals surface area contributed by atoms with E-state index in [1.54, 1.807) is 24.3 Å². The zero-order valence-electron chi connectivity index (χ0n) is 14.5. The molecule has 0 aliphatic heterocycles. The van der Waals surface area contributed by atoms with E-state index in [1.807, 2.05) is 0 Å². The molecule has 7 heteroatoms. The third-order valence-electron chi connectivity index (χ3n) is 3.67. The van der Waals surface area contributed by atoms with Crippen LogP contribution >= 0.6 is 0 Å². The van der Waals surface area contributed by atoms with E-state index >= 15 is 0 Å². The molecule has 0 aliphatic carbocycles. The number of halogens is 1. The lowest BCUT2D eigenvalue weighted by Gasteiger charge is -2.21. The number of para-hydroxylation sites is 1. The number of hydrogen-bond donors (Lipinski definition) is 1. The van der Waals surface area contributed by atoms with Crippen molar-refractivity contribution in [1.29, 1.82) is 0 Å². The largest absolute Gasteiger partial charge is 0.465 e. The lowest BCUT2D eigenvalue weighted by molar-refractivity contribution is -0.117. The van der Waals surface area contributed by atoms with Gasteiger partial charge in [-0.25, -0.2) is 9.18 Å². The van der Waals surface area contributed by atoms with Crippen LogP contribution in [0.25, 0.3) is 0 Å². The van der Waals surface area contributed by atoms with Crippen molar-refractivity contribution in [2.24, 2.45) is 0 Å². The summed E-state index contributed by atoms with van der Waals surface area (Å²) >= 11 is 0. The maximum Gasteiger partial charge on any atom is 0.339 e. The van der Waals surface area contributed by atoms with Crippen molar-refractivity contribution in [2.75, 3.05) is 23.9 Å². The monoisotopic (exact) mass is 358 g/mol. The molecule has 0 saturated carbocycles. The molecule has 0 unspecified atom stereocenters. The minimum Gasteiger partial charge on any atom is -0.465 e. The highest BCUT2D eigenvalue weighted by molar-refractivity contribution is 6.01. The van der Waals surface area contributed by atoms with Gasteiger partial charge in [0.05, 0.1) is 18.4 Å². The zero-order valence-corrected chi connectivity index (χ0v) is 14.5. The molecular weight excluding hydrogens is 339 g/mol. The first-order chi connectivity index (χ1) is 12.4. The average molecular weight is 358 g/mol. The van der Waals surface area contributed by atoms with Crippen molar-refractivity contribution in [3.05, 3.63) is 59.9 Å². The van der Waals surface area contributed by atoms with E-state index in [1.165, 1.54) is 43.2 Å². The highest BCUT2D eigenvalue weighted by Gasteiger charge is 2.16. The predicted molar refractivity (Wildman–Crippen MR) is 95.5 cm³/mol. The number of carbonyl (C=O) groups excluding carboxylic acids is 3. The maximum atomic E-state index is 13.4. The lowest BCUT2D eigenvalue weighted by atomic mass is 10.1. The first-order valence-electron chi connectivity index (χ1n) is 7.93. The molecule has 26 heavy (non-hydrogen) atoms. The second-order valence-electron chi connectivity index (χ2n) is 5.49. The summed E-state index contributed by atoms with van der Waals surface area (Å²) in [6.07, 6.45) is -0.0222. The van der Waals surface area contributed by atoms with Gasteiger partial charge in [-0.1, -0.05) is 18.2 Å². The van der Waals surface area contributed by atoms with Crippen molar-refractivity contribution >= 4 is 29.2 Å². The Morgan fingerprint density at radius 1 is 1.12 bits per heavy atom. The van der Waals surface area contributed by atoms with E-state index in [2.05, 4.69) is 10.1 Å². The van der Waals surface area contributed by atoms with Gasteiger partial charge in [0.1, 0.15) is 5.82 Å². The molecule has 0 aromatic heterocycles. The van der Waals surface area contributed by atoms with Gasteiger partial charge in [-0.05, 0) is 30.3 Å². The molecule has 6 nitrogen and oxygen atoms in total. The number of carbonyl (C=O) groups is 3. The molecule has 2 rings (SSSR count). The number of hydrogen-bond acceptors (Lipinski definition) is 4. The molecule has 0 saturated heterocycles. The minimum absolute atomic E-state index is 0.0222. The number of esters is 1. The lowest BCUT2D eigenvalue weighted by Crippen LogP contribution is -2.32. The Kier molecular flexibility index (Phi) is 6.43. The molecule has 0 atom stereocenters. The van der Waals surface area contributed by atoms with Crippen LogP contribution in [0.5, 0.6) is 0 Å². The minimum atomic E-state index is -0.564. The molecule has 0 bridgehead atoms. The summed E-state index contributed by atoms with van der Waals surface area (Å²) in [5.41, 5.74) is 0.932. The fraction of sp³-hybridized carbons (Fsp3) is 0.211. The first-order valence-corrected chi connectivity index (χ1v) is 7.93. The number of nitrogens with one attached hydrogen (secondary N) is 1. The molecule has 2 amide bonds. The van der Waals surface area contributed by atoms with Gasteiger partial charge < -0.3 is 15.0 Å². The number of benzene rings is 2. The van der Waals surface area contributed by atoms with Gasteiger partial charge in [-0.3, -0.25) is 9.59 Å². The first kappa shape index (κ1) is 19.1. The van der Waals surface area contributed by atoms with Gasteiger partial charge in [0, 0.05) is 25.6 Å². The molecule has 136 valence electrons. The summed E-state index contributed by atoms with van der Waals surface area (Å²) < 4.78 is 18.0. The predicted octanol–water partition coefficient (Wildman–Crippen LogP) is 2.99. The summed E-state index contributed by atoms with van der Waals surface area (Å²) in [4.78, 5) is 37.1. The third kappa shape index (κ3) is 4.89. The van der Waals surface area contributed by atoms with Crippen molar-refractivity contribution in [3.63, 3.8) is 0 Å². The van der Waals surface area contributed by atoms with E-state index in [0.29, 0.717) is 11.4 Å². The van der Waals surface area contributed by atoms with Crippen LogP contribution in [0.4, 0.5) is 15.8 Å². The molecule has 0 fully saturated rings. The van der Waals surface area contributed by atoms with Gasteiger partial charge in [0.2, 0.25) is 11.8 Å². The second kappa shape index (κ2) is 8.75. The van der Waals surface area contributed by atoms with Gasteiger partial charge in [-0.15, -0.1) is 0 Å². The molecule has 2 aromatic carbocycles. The van der Waals surface area contributed by atoms with Gasteiger partial charge in [0.15, 0.2) is 0 Å². The third-order valence-corrected chi connectivity index (χ3v) is 3.67. The van der Waals surface area contributed by atoms with Crippen molar-refractivity contribution in [1.82, 2.24) is 0 Å². The van der Waals surface area contributed by atoms with Crippen LogP contribution in [0.15, 0.2) is 48.5 Å². The number of methoxy groups -OCH3 is 1. The van der Waals surface area contributed by atoms with E-state index in [-0.39, 0.29) is 30.3 Å². The topological polar surface area (TPSA) is 75.7 Å². The Morgan fingerprint density at radius 2 is 1.85 bits per heavy atom. The van der Waals surface area contributed by atoms with Crippen LogP contribution < -0.4 is 10.2 Å². The highest BCUT2D eigenvalue weighted by Crippen LogP contribution is 2.18. The number of nitrogens with zero attached hydrogens (tertiary/aromatic N) is 1. The van der Waals surface area contributed by atoms with Crippen molar-refractivity contribution in [2.45, 2.75) is 13.3 Å². The van der Waals surface area contributed by atoms with Gasteiger partial charge >= 0.3 is 5.97 Å². The zero-order chi connectivity index (χ0) is 19.1. The molecule has 1 N–H and O–H groups in total. The quantitative estimate of drug-likeness (QED) is 0.806. The number of rotatable bonds is 6. The van der Waals surface area contributed by atoms with E-state index in [0.717, 1.165) is 0 Å². The molecule has 2 aromatic rings. The number of ether oxygens (including phenoxy) is 1. The summed E-state index contributed by atoms with van der Waals surface area (Å²) in [5, 5.41) is 2.63. The van der Waals surface area contributed by atoms with Crippen LogP contribution in [0.1, 0.15) is 23.7 Å². The van der Waals surface area contributed by atoms with Crippen LogP contribution in [0.3, 0.4) is 0 Å². The Bertz CT molecular complexity index is 823. The summed E-state index contributed by atoms with van der Waals surface area (Å²) in [6.45, 7) is 1.42. The maximum absolute atomic E-state index is 13.4. The van der Waals surface area contributed by atoms with Crippen LogP contribution in [-0.4, -0.2) is 31.4 Å². The fourth-order valence-electron chi connectivity index (χ4n) is 2.42.